The van der Waals surface area contributed by atoms with Crippen LogP contribution < -0.4 is 4.90 Å². The molecule has 1 saturated heterocycles. The highest BCUT2D eigenvalue weighted by atomic mass is 19.1. The third kappa shape index (κ3) is 2.43. The van der Waals surface area contributed by atoms with E-state index in [1.54, 1.807) is 16.6 Å². The number of nitrogens with zero attached hydrogens (tertiary/aromatic N) is 5. The average molecular weight is 313 g/mol. The standard InChI is InChI=1S/C16H16FN5O/c1-10-18-19-15-6-7-16(20-22(10)15)21-9-13(23)8-14(21)11-2-4-12(17)5-3-11/h2-7,13-14,23H,8-9H2,1H3/t13-,14-/m1/s1. The second-order valence-corrected chi connectivity index (χ2v) is 5.82. The molecule has 4 rings (SSSR count). The van der Waals surface area contributed by atoms with Gasteiger partial charge in [0.25, 0.3) is 0 Å². The van der Waals surface area contributed by atoms with E-state index in [0.29, 0.717) is 24.4 Å². The minimum atomic E-state index is -0.440. The first-order valence-corrected chi connectivity index (χ1v) is 7.51. The summed E-state index contributed by atoms with van der Waals surface area (Å²) in [5, 5.41) is 22.7. The topological polar surface area (TPSA) is 66.5 Å². The third-order valence-corrected chi connectivity index (χ3v) is 4.23. The number of hydrogen-bond acceptors (Lipinski definition) is 5. The van der Waals surface area contributed by atoms with Gasteiger partial charge in [-0.1, -0.05) is 12.1 Å². The van der Waals surface area contributed by atoms with Gasteiger partial charge in [-0.05, 0) is 43.2 Å². The maximum absolute atomic E-state index is 13.2. The molecule has 23 heavy (non-hydrogen) atoms. The molecule has 0 amide bonds. The molecule has 0 spiro atoms. The summed E-state index contributed by atoms with van der Waals surface area (Å²) in [5.74, 6) is 1.18. The van der Waals surface area contributed by atoms with Gasteiger partial charge in [-0.25, -0.2) is 4.39 Å². The van der Waals surface area contributed by atoms with Crippen LogP contribution in [0.1, 0.15) is 23.9 Å². The minimum Gasteiger partial charge on any atom is -0.391 e. The molecule has 0 aliphatic carbocycles. The fourth-order valence-corrected chi connectivity index (χ4v) is 3.11. The minimum absolute atomic E-state index is 0.0349. The Morgan fingerprint density at radius 3 is 2.70 bits per heavy atom. The molecule has 1 fully saturated rings. The van der Waals surface area contributed by atoms with E-state index in [1.807, 2.05) is 24.0 Å². The molecule has 3 aromatic rings. The summed E-state index contributed by atoms with van der Waals surface area (Å²) in [5.41, 5.74) is 1.65. The summed E-state index contributed by atoms with van der Waals surface area (Å²) in [6, 6.07) is 10.1. The molecule has 1 aliphatic heterocycles. The molecule has 3 heterocycles. The molecule has 0 unspecified atom stereocenters. The quantitative estimate of drug-likeness (QED) is 0.782. The van der Waals surface area contributed by atoms with E-state index in [0.717, 1.165) is 11.4 Å². The number of halogens is 1. The number of aromatic nitrogens is 4. The molecular weight excluding hydrogens is 297 g/mol. The van der Waals surface area contributed by atoms with Crippen LogP contribution in [0.5, 0.6) is 0 Å². The molecule has 118 valence electrons. The van der Waals surface area contributed by atoms with E-state index in [4.69, 9.17) is 0 Å². The van der Waals surface area contributed by atoms with Crippen molar-refractivity contribution in [2.24, 2.45) is 0 Å². The van der Waals surface area contributed by atoms with Gasteiger partial charge in [-0.2, -0.15) is 4.52 Å². The Balaban J connectivity index is 1.74. The summed E-state index contributed by atoms with van der Waals surface area (Å²) in [4.78, 5) is 2.04. The number of β-amino-alcohol motifs (C(OH)–C–C–N with tert-alkyl or cyclic N) is 1. The number of aliphatic hydroxyl groups excluding tert-OH is 1. The first kappa shape index (κ1) is 14.1. The second-order valence-electron chi connectivity index (χ2n) is 5.82. The number of benzene rings is 1. The molecule has 1 aromatic carbocycles. The summed E-state index contributed by atoms with van der Waals surface area (Å²) in [6.45, 7) is 2.33. The maximum Gasteiger partial charge on any atom is 0.178 e. The molecule has 1 N–H and O–H groups in total. The molecule has 0 radical (unpaired) electrons. The number of aryl methyl sites for hydroxylation is 1. The third-order valence-electron chi connectivity index (χ3n) is 4.23. The number of anilines is 1. The summed E-state index contributed by atoms with van der Waals surface area (Å²) in [6.07, 6.45) is 0.150. The lowest BCUT2D eigenvalue weighted by molar-refractivity contribution is 0.194. The van der Waals surface area contributed by atoms with Gasteiger partial charge in [0.2, 0.25) is 0 Å². The van der Waals surface area contributed by atoms with Crippen LogP contribution in [0, 0.1) is 12.7 Å². The first-order chi connectivity index (χ1) is 11.1. The predicted octanol–water partition coefficient (Wildman–Crippen LogP) is 1.88. The van der Waals surface area contributed by atoms with Gasteiger partial charge in [0.1, 0.15) is 11.6 Å². The summed E-state index contributed by atoms with van der Waals surface area (Å²) < 4.78 is 14.8. The molecule has 0 bridgehead atoms. The van der Waals surface area contributed by atoms with Gasteiger partial charge in [0.05, 0.1) is 12.1 Å². The second kappa shape index (κ2) is 5.27. The smallest absolute Gasteiger partial charge is 0.178 e. The van der Waals surface area contributed by atoms with E-state index >= 15 is 0 Å². The van der Waals surface area contributed by atoms with Crippen LogP contribution in [0.2, 0.25) is 0 Å². The van der Waals surface area contributed by atoms with Gasteiger partial charge < -0.3 is 10.0 Å². The van der Waals surface area contributed by atoms with Crippen LogP contribution in [0.4, 0.5) is 10.2 Å². The highest BCUT2D eigenvalue weighted by Crippen LogP contribution is 2.35. The van der Waals surface area contributed by atoms with Crippen molar-refractivity contribution in [3.8, 4) is 0 Å². The number of fused-ring (bicyclic) bond motifs is 1. The van der Waals surface area contributed by atoms with Crippen LogP contribution in [0.25, 0.3) is 5.65 Å². The molecule has 2 aromatic heterocycles. The van der Waals surface area contributed by atoms with E-state index in [-0.39, 0.29) is 11.9 Å². The fraction of sp³-hybridized carbons (Fsp3) is 0.312. The fourth-order valence-electron chi connectivity index (χ4n) is 3.11. The van der Waals surface area contributed by atoms with Crippen LogP contribution in [-0.2, 0) is 0 Å². The molecule has 7 heteroatoms. The van der Waals surface area contributed by atoms with E-state index < -0.39 is 6.10 Å². The van der Waals surface area contributed by atoms with Gasteiger partial charge in [-0.15, -0.1) is 15.3 Å². The monoisotopic (exact) mass is 313 g/mol. The van der Waals surface area contributed by atoms with Crippen molar-refractivity contribution in [1.82, 2.24) is 19.8 Å². The Kier molecular flexibility index (Phi) is 3.23. The van der Waals surface area contributed by atoms with Crippen molar-refractivity contribution < 1.29 is 9.50 Å². The Bertz CT molecular complexity index is 847. The normalized spacial score (nSPS) is 21.3. The number of rotatable bonds is 2. The number of hydrogen-bond donors (Lipinski definition) is 1. The van der Waals surface area contributed by atoms with Gasteiger partial charge in [0.15, 0.2) is 11.5 Å². The van der Waals surface area contributed by atoms with Crippen LogP contribution >= 0.6 is 0 Å². The largest absolute Gasteiger partial charge is 0.391 e. The average Bonchev–Trinajstić information content (AvgIpc) is 3.11. The van der Waals surface area contributed by atoms with E-state index in [9.17, 15) is 9.50 Å². The van der Waals surface area contributed by atoms with Crippen molar-refractivity contribution >= 4 is 11.5 Å². The van der Waals surface area contributed by atoms with Gasteiger partial charge >= 0.3 is 0 Å². The zero-order chi connectivity index (χ0) is 16.0. The lowest BCUT2D eigenvalue weighted by Gasteiger charge is -2.25. The number of aliphatic hydroxyl groups is 1. The summed E-state index contributed by atoms with van der Waals surface area (Å²) in [7, 11) is 0. The van der Waals surface area contributed by atoms with Crippen molar-refractivity contribution in [3.63, 3.8) is 0 Å². The molecular formula is C16H16FN5O. The lowest BCUT2D eigenvalue weighted by atomic mass is 10.0. The Morgan fingerprint density at radius 2 is 1.91 bits per heavy atom. The molecule has 6 nitrogen and oxygen atoms in total. The van der Waals surface area contributed by atoms with Crippen LogP contribution in [0.3, 0.4) is 0 Å². The zero-order valence-electron chi connectivity index (χ0n) is 12.6. The first-order valence-electron chi connectivity index (χ1n) is 7.51. The Labute approximate surface area is 132 Å². The van der Waals surface area contributed by atoms with E-state index in [1.165, 1.54) is 12.1 Å². The molecule has 1 aliphatic rings. The Morgan fingerprint density at radius 1 is 1.13 bits per heavy atom. The predicted molar refractivity (Wildman–Crippen MR) is 82.6 cm³/mol. The van der Waals surface area contributed by atoms with Crippen LogP contribution in [0.15, 0.2) is 36.4 Å². The van der Waals surface area contributed by atoms with Gasteiger partial charge in [0, 0.05) is 6.54 Å². The highest BCUT2D eigenvalue weighted by molar-refractivity contribution is 5.49. The van der Waals surface area contributed by atoms with Gasteiger partial charge in [-0.3, -0.25) is 0 Å². The maximum atomic E-state index is 13.2. The van der Waals surface area contributed by atoms with Crippen molar-refractivity contribution in [2.75, 3.05) is 11.4 Å². The highest BCUT2D eigenvalue weighted by Gasteiger charge is 2.33. The van der Waals surface area contributed by atoms with E-state index in [2.05, 4.69) is 15.3 Å². The van der Waals surface area contributed by atoms with Crippen LogP contribution in [-0.4, -0.2) is 37.6 Å². The molecule has 0 saturated carbocycles. The summed E-state index contributed by atoms with van der Waals surface area (Å²) >= 11 is 0. The molecule has 2 atom stereocenters. The lowest BCUT2D eigenvalue weighted by Crippen LogP contribution is -2.25. The van der Waals surface area contributed by atoms with Crippen molar-refractivity contribution in [1.29, 1.82) is 0 Å². The zero-order valence-corrected chi connectivity index (χ0v) is 12.6. The van der Waals surface area contributed by atoms with Crippen molar-refractivity contribution in [3.05, 3.63) is 53.6 Å². The SMILES string of the molecule is Cc1nnc2ccc(N3C[C@H](O)C[C@@H]3c3ccc(F)cc3)nn12. The van der Waals surface area contributed by atoms with Crippen molar-refractivity contribution in [2.45, 2.75) is 25.5 Å². The Hall–Kier alpha value is -2.54.